The van der Waals surface area contributed by atoms with Crippen molar-refractivity contribution in [3.8, 4) is 0 Å². The Bertz CT molecular complexity index is 646. The largest absolute Gasteiger partial charge is 0.451 e. The molecule has 1 N–H and O–H groups in total. The molecule has 106 valence electrons. The molecule has 8 heteroatoms. The molecule has 0 spiro atoms. The summed E-state index contributed by atoms with van der Waals surface area (Å²) in [5.74, 6) is -1.29. The van der Waals surface area contributed by atoms with E-state index < -0.39 is 12.0 Å². The number of hydrogen-bond acceptors (Lipinski definition) is 3. The van der Waals surface area contributed by atoms with Gasteiger partial charge in [0.15, 0.2) is 0 Å². The maximum Gasteiger partial charge on any atom is 0.451 e. The van der Waals surface area contributed by atoms with Crippen molar-refractivity contribution in [1.29, 1.82) is 0 Å². The molecule has 3 nitrogen and oxygen atoms in total. The molecule has 0 aliphatic carbocycles. The molecule has 1 heterocycles. The summed E-state index contributed by atoms with van der Waals surface area (Å²) in [6.45, 7) is 1.82. The van der Waals surface area contributed by atoms with Crippen LogP contribution in [0.15, 0.2) is 28.7 Å². The van der Waals surface area contributed by atoms with Gasteiger partial charge in [-0.3, -0.25) is 0 Å². The zero-order valence-corrected chi connectivity index (χ0v) is 12.4. The molecule has 1 aromatic carbocycles. The number of alkyl halides is 3. The van der Waals surface area contributed by atoms with Gasteiger partial charge in [0.1, 0.15) is 11.0 Å². The van der Waals surface area contributed by atoms with Crippen LogP contribution in [0, 0.1) is 6.92 Å². The maximum absolute atomic E-state index is 12.6. The first-order chi connectivity index (χ1) is 9.27. The molecule has 0 aliphatic rings. The van der Waals surface area contributed by atoms with Crippen LogP contribution in [0.3, 0.4) is 0 Å². The van der Waals surface area contributed by atoms with Crippen molar-refractivity contribution in [1.82, 2.24) is 9.97 Å². The van der Waals surface area contributed by atoms with Crippen LogP contribution in [0.2, 0.25) is 5.15 Å². The highest BCUT2D eigenvalue weighted by Crippen LogP contribution is 2.30. The average molecular weight is 367 g/mol. The number of rotatable bonds is 2. The number of nitrogens with zero attached hydrogens (tertiary/aromatic N) is 2. The summed E-state index contributed by atoms with van der Waals surface area (Å²) in [4.78, 5) is 6.59. The Balaban J connectivity index is 2.39. The quantitative estimate of drug-likeness (QED) is 0.763. The number of halogens is 5. The van der Waals surface area contributed by atoms with Crippen LogP contribution in [-0.4, -0.2) is 9.97 Å². The minimum atomic E-state index is -4.65. The topological polar surface area (TPSA) is 37.8 Å². The van der Waals surface area contributed by atoms with Gasteiger partial charge in [0.05, 0.1) is 0 Å². The Hall–Kier alpha value is -1.34. The van der Waals surface area contributed by atoms with Gasteiger partial charge in [-0.15, -0.1) is 0 Å². The fourth-order valence-corrected chi connectivity index (χ4v) is 2.04. The summed E-state index contributed by atoms with van der Waals surface area (Å²) in [6, 6.07) is 6.54. The van der Waals surface area contributed by atoms with E-state index in [4.69, 9.17) is 11.6 Å². The second-order valence-corrected chi connectivity index (χ2v) is 5.18. The molecule has 0 radical (unpaired) electrons. The number of benzene rings is 1. The van der Waals surface area contributed by atoms with Crippen molar-refractivity contribution in [2.45, 2.75) is 13.1 Å². The van der Waals surface area contributed by atoms with Gasteiger partial charge in [0, 0.05) is 16.2 Å². The van der Waals surface area contributed by atoms with E-state index in [1.54, 1.807) is 12.1 Å². The summed E-state index contributed by atoms with van der Waals surface area (Å²) >= 11 is 8.93. The summed E-state index contributed by atoms with van der Waals surface area (Å²) in [7, 11) is 0. The molecule has 1 aromatic heterocycles. The number of hydrogen-bond donors (Lipinski definition) is 1. The van der Waals surface area contributed by atoms with E-state index in [1.165, 1.54) is 6.07 Å². The number of anilines is 2. The SMILES string of the molecule is Cc1c(Br)cccc1Nc1cc(Cl)nc(C(F)(F)F)n1. The predicted molar refractivity (Wildman–Crippen MR) is 74.2 cm³/mol. The minimum Gasteiger partial charge on any atom is -0.340 e. The van der Waals surface area contributed by atoms with Crippen molar-refractivity contribution in [2.75, 3.05) is 5.32 Å². The van der Waals surface area contributed by atoms with E-state index in [9.17, 15) is 13.2 Å². The minimum absolute atomic E-state index is 0.0153. The average Bonchev–Trinajstić information content (AvgIpc) is 2.33. The second kappa shape index (κ2) is 5.57. The van der Waals surface area contributed by atoms with Gasteiger partial charge >= 0.3 is 6.18 Å². The van der Waals surface area contributed by atoms with Gasteiger partial charge in [-0.25, -0.2) is 9.97 Å². The van der Waals surface area contributed by atoms with Gasteiger partial charge < -0.3 is 5.32 Å². The van der Waals surface area contributed by atoms with Crippen molar-refractivity contribution < 1.29 is 13.2 Å². The molecule has 0 atom stereocenters. The molecule has 0 saturated heterocycles. The highest BCUT2D eigenvalue weighted by atomic mass is 79.9. The molecule has 0 amide bonds. The Morgan fingerprint density at radius 1 is 1.25 bits per heavy atom. The third-order valence-corrected chi connectivity index (χ3v) is 3.53. The summed E-state index contributed by atoms with van der Waals surface area (Å²) in [5, 5.41) is 2.53. The Morgan fingerprint density at radius 2 is 1.95 bits per heavy atom. The molecular weight excluding hydrogens is 359 g/mol. The zero-order valence-electron chi connectivity index (χ0n) is 10.1. The van der Waals surface area contributed by atoms with Crippen LogP contribution in [0.25, 0.3) is 0 Å². The molecule has 0 saturated carbocycles. The Labute approximate surface area is 126 Å². The van der Waals surface area contributed by atoms with Gasteiger partial charge in [-0.2, -0.15) is 13.2 Å². The van der Waals surface area contributed by atoms with E-state index in [1.807, 2.05) is 13.0 Å². The first-order valence-electron chi connectivity index (χ1n) is 5.41. The van der Waals surface area contributed by atoms with E-state index >= 15 is 0 Å². The molecule has 2 rings (SSSR count). The lowest BCUT2D eigenvalue weighted by Crippen LogP contribution is -2.12. The number of nitrogens with one attached hydrogen (secondary N) is 1. The van der Waals surface area contributed by atoms with E-state index in [-0.39, 0.29) is 11.0 Å². The van der Waals surface area contributed by atoms with Gasteiger partial charge in [0.2, 0.25) is 5.82 Å². The molecule has 0 unspecified atom stereocenters. The highest BCUT2D eigenvalue weighted by molar-refractivity contribution is 9.10. The lowest BCUT2D eigenvalue weighted by Gasteiger charge is -2.12. The van der Waals surface area contributed by atoms with Crippen LogP contribution in [-0.2, 0) is 6.18 Å². The molecule has 20 heavy (non-hydrogen) atoms. The van der Waals surface area contributed by atoms with Crippen LogP contribution >= 0.6 is 27.5 Å². The summed E-state index contributed by atoms with van der Waals surface area (Å²) in [5.41, 5.74) is 1.47. The van der Waals surface area contributed by atoms with E-state index in [2.05, 4.69) is 31.2 Å². The fourth-order valence-electron chi connectivity index (χ4n) is 1.49. The third-order valence-electron chi connectivity index (χ3n) is 2.48. The predicted octanol–water partition coefficient (Wildman–Crippen LogP) is 4.96. The maximum atomic E-state index is 12.6. The zero-order chi connectivity index (χ0) is 14.9. The summed E-state index contributed by atoms with van der Waals surface area (Å²) in [6.07, 6.45) is -4.65. The normalized spacial score (nSPS) is 11.5. The van der Waals surface area contributed by atoms with Gasteiger partial charge in [0.25, 0.3) is 0 Å². The molecular formula is C12H8BrClF3N3. The van der Waals surface area contributed by atoms with Crippen molar-refractivity contribution in [2.24, 2.45) is 0 Å². The van der Waals surface area contributed by atoms with Gasteiger partial charge in [-0.1, -0.05) is 33.6 Å². The Morgan fingerprint density at radius 3 is 2.60 bits per heavy atom. The van der Waals surface area contributed by atoms with Crippen molar-refractivity contribution in [3.05, 3.63) is 45.3 Å². The monoisotopic (exact) mass is 365 g/mol. The van der Waals surface area contributed by atoms with Crippen LogP contribution < -0.4 is 5.32 Å². The van der Waals surface area contributed by atoms with Crippen LogP contribution in [0.4, 0.5) is 24.7 Å². The molecule has 0 fully saturated rings. The lowest BCUT2D eigenvalue weighted by molar-refractivity contribution is -0.144. The second-order valence-electron chi connectivity index (χ2n) is 3.93. The lowest BCUT2D eigenvalue weighted by atomic mass is 10.2. The van der Waals surface area contributed by atoms with Crippen molar-refractivity contribution in [3.63, 3.8) is 0 Å². The van der Waals surface area contributed by atoms with Gasteiger partial charge in [-0.05, 0) is 24.6 Å². The van der Waals surface area contributed by atoms with E-state index in [0.717, 1.165) is 10.0 Å². The molecule has 0 aliphatic heterocycles. The Kier molecular flexibility index (Phi) is 4.19. The standard InChI is InChI=1S/C12H8BrClF3N3/c1-6-7(13)3-2-4-8(6)18-10-5-9(14)19-11(20-10)12(15,16)17/h2-5H,1H3,(H,18,19,20). The molecule has 2 aromatic rings. The summed E-state index contributed by atoms with van der Waals surface area (Å²) < 4.78 is 38.7. The van der Waals surface area contributed by atoms with Crippen molar-refractivity contribution >= 4 is 39.0 Å². The van der Waals surface area contributed by atoms with E-state index in [0.29, 0.717) is 5.69 Å². The third kappa shape index (κ3) is 3.40. The van der Waals surface area contributed by atoms with Crippen LogP contribution in [0.1, 0.15) is 11.4 Å². The smallest absolute Gasteiger partial charge is 0.340 e. The highest BCUT2D eigenvalue weighted by Gasteiger charge is 2.35. The first-order valence-corrected chi connectivity index (χ1v) is 6.58. The fraction of sp³-hybridized carbons (Fsp3) is 0.167. The van der Waals surface area contributed by atoms with Crippen LogP contribution in [0.5, 0.6) is 0 Å². The molecule has 0 bridgehead atoms. The first kappa shape index (κ1) is 15.1. The number of aromatic nitrogens is 2.